The second-order valence-corrected chi connectivity index (χ2v) is 7.72. The van der Waals surface area contributed by atoms with Gasteiger partial charge in [0.05, 0.1) is 25.1 Å². The van der Waals surface area contributed by atoms with Crippen molar-refractivity contribution in [3.05, 3.63) is 59.7 Å². The predicted molar refractivity (Wildman–Crippen MR) is 103 cm³/mol. The van der Waals surface area contributed by atoms with Gasteiger partial charge in [-0.3, -0.25) is 4.79 Å². The Balaban J connectivity index is 1.21. The molecule has 3 aromatic rings. The molecule has 4 heterocycles. The van der Waals surface area contributed by atoms with E-state index in [2.05, 4.69) is 10.3 Å². The summed E-state index contributed by atoms with van der Waals surface area (Å²) in [5.74, 6) is -0.243. The second kappa shape index (κ2) is 6.30. The van der Waals surface area contributed by atoms with Gasteiger partial charge in [-0.15, -0.1) is 0 Å². The van der Waals surface area contributed by atoms with Crippen LogP contribution in [0.2, 0.25) is 0 Å². The molecule has 1 N–H and O–H groups in total. The van der Waals surface area contributed by atoms with Gasteiger partial charge in [0.1, 0.15) is 17.2 Å². The number of hydrogen-bond acceptors (Lipinski definition) is 4. The molecule has 148 valence electrons. The molecule has 0 atom stereocenters. The van der Waals surface area contributed by atoms with Gasteiger partial charge in [0, 0.05) is 31.4 Å². The lowest BCUT2D eigenvalue weighted by Gasteiger charge is -2.50. The number of urea groups is 1. The van der Waals surface area contributed by atoms with Crippen LogP contribution in [0.3, 0.4) is 0 Å². The summed E-state index contributed by atoms with van der Waals surface area (Å²) in [6.07, 6.45) is 3.83. The molecule has 5 rings (SSSR count). The van der Waals surface area contributed by atoms with Gasteiger partial charge in [0.25, 0.3) is 0 Å². The Hall–Kier alpha value is -3.42. The number of aromatic nitrogens is 2. The number of carbonyl (C=O) groups is 2. The molecule has 0 radical (unpaired) electrons. The van der Waals surface area contributed by atoms with Gasteiger partial charge in [-0.25, -0.2) is 14.2 Å². The predicted octanol–water partition coefficient (Wildman–Crippen LogP) is 2.64. The highest BCUT2D eigenvalue weighted by atomic mass is 19.1. The maximum atomic E-state index is 13.4. The molecule has 2 aromatic heterocycles. The molecule has 1 spiro atoms. The third kappa shape index (κ3) is 3.00. The normalized spacial score (nSPS) is 17.0. The highest BCUT2D eigenvalue weighted by Crippen LogP contribution is 2.38. The van der Waals surface area contributed by atoms with Gasteiger partial charge in [0.15, 0.2) is 11.4 Å². The maximum Gasteiger partial charge on any atom is 0.317 e. The number of rotatable bonds is 2. The van der Waals surface area contributed by atoms with Gasteiger partial charge in [-0.05, 0) is 35.9 Å². The number of aryl methyl sites for hydroxylation is 1. The van der Waals surface area contributed by atoms with Gasteiger partial charge in [-0.1, -0.05) is 0 Å². The average molecular weight is 394 g/mol. The van der Waals surface area contributed by atoms with Gasteiger partial charge >= 0.3 is 6.03 Å². The summed E-state index contributed by atoms with van der Waals surface area (Å²) in [6, 6.07) is 7.70. The van der Waals surface area contributed by atoms with Crippen LogP contribution in [0, 0.1) is 5.82 Å². The molecule has 7 nitrogen and oxygen atoms in total. The molecule has 2 aliphatic heterocycles. The Morgan fingerprint density at radius 3 is 2.97 bits per heavy atom. The number of hydrogen-bond donors (Lipinski definition) is 1. The van der Waals surface area contributed by atoms with E-state index in [-0.39, 0.29) is 23.8 Å². The first kappa shape index (κ1) is 17.7. The molecule has 1 aromatic carbocycles. The minimum Gasteiger partial charge on any atom is -0.482 e. The molecule has 1 fully saturated rings. The Bertz CT molecular complexity index is 1150. The van der Waals surface area contributed by atoms with Crippen LogP contribution in [-0.4, -0.2) is 45.0 Å². The highest BCUT2D eigenvalue weighted by molar-refractivity contribution is 6.00. The SMILES string of the molecule is Cn1ccc2cc(CNC(=O)N3CC4(CC(=O)c5cc(F)ccc5O4)C3)cnc21. The van der Waals surface area contributed by atoms with E-state index in [0.717, 1.165) is 16.6 Å². The number of nitrogens with zero attached hydrogens (tertiary/aromatic N) is 3. The lowest BCUT2D eigenvalue weighted by Crippen LogP contribution is -2.69. The summed E-state index contributed by atoms with van der Waals surface area (Å²) in [6.45, 7) is 0.997. The number of likely N-dealkylation sites (tertiary alicyclic amines) is 1. The summed E-state index contributed by atoms with van der Waals surface area (Å²) in [5.41, 5.74) is 1.35. The number of ketones is 1. The molecule has 1 saturated heterocycles. The molecule has 0 bridgehead atoms. The Morgan fingerprint density at radius 1 is 1.31 bits per heavy atom. The van der Waals surface area contributed by atoms with Crippen LogP contribution in [0.4, 0.5) is 9.18 Å². The largest absolute Gasteiger partial charge is 0.482 e. The molecular formula is C21H19FN4O3. The Labute approximate surface area is 166 Å². The number of halogens is 1. The zero-order valence-corrected chi connectivity index (χ0v) is 15.8. The fourth-order valence-corrected chi connectivity index (χ4v) is 4.02. The average Bonchev–Trinajstić information content (AvgIpc) is 3.05. The van der Waals surface area contributed by atoms with E-state index >= 15 is 0 Å². The van der Waals surface area contributed by atoms with Crippen LogP contribution in [0.15, 0.2) is 42.7 Å². The van der Waals surface area contributed by atoms with Crippen molar-refractivity contribution in [1.29, 1.82) is 0 Å². The minimum atomic E-state index is -0.718. The molecule has 0 aliphatic carbocycles. The maximum absolute atomic E-state index is 13.4. The molecule has 2 aliphatic rings. The van der Waals surface area contributed by atoms with Crippen LogP contribution >= 0.6 is 0 Å². The minimum absolute atomic E-state index is 0.141. The van der Waals surface area contributed by atoms with Crippen LogP contribution in [0.1, 0.15) is 22.3 Å². The number of benzene rings is 1. The number of fused-ring (bicyclic) bond motifs is 2. The van der Waals surface area contributed by atoms with Crippen molar-refractivity contribution in [2.45, 2.75) is 18.6 Å². The number of amides is 2. The lowest BCUT2D eigenvalue weighted by atomic mass is 9.84. The van der Waals surface area contributed by atoms with E-state index in [0.29, 0.717) is 25.4 Å². The first-order valence-corrected chi connectivity index (χ1v) is 9.37. The fourth-order valence-electron chi connectivity index (χ4n) is 4.02. The van der Waals surface area contributed by atoms with Crippen LogP contribution < -0.4 is 10.1 Å². The van der Waals surface area contributed by atoms with Gasteiger partial charge in [0.2, 0.25) is 0 Å². The van der Waals surface area contributed by atoms with Gasteiger partial charge in [-0.2, -0.15) is 0 Å². The van der Waals surface area contributed by atoms with Crippen molar-refractivity contribution < 1.29 is 18.7 Å². The van der Waals surface area contributed by atoms with Crippen LogP contribution in [0.25, 0.3) is 11.0 Å². The summed E-state index contributed by atoms with van der Waals surface area (Å²) in [4.78, 5) is 30.9. The van der Waals surface area contributed by atoms with Crippen molar-refractivity contribution >= 4 is 22.8 Å². The second-order valence-electron chi connectivity index (χ2n) is 7.72. The monoisotopic (exact) mass is 394 g/mol. The van der Waals surface area contributed by atoms with E-state index in [1.807, 2.05) is 29.9 Å². The van der Waals surface area contributed by atoms with Crippen LogP contribution in [-0.2, 0) is 13.6 Å². The molecule has 2 amide bonds. The first-order chi connectivity index (χ1) is 13.9. The summed E-state index contributed by atoms with van der Waals surface area (Å²) in [5, 5.41) is 3.90. The summed E-state index contributed by atoms with van der Waals surface area (Å²) >= 11 is 0. The summed E-state index contributed by atoms with van der Waals surface area (Å²) < 4.78 is 21.3. The zero-order valence-electron chi connectivity index (χ0n) is 15.8. The number of carbonyl (C=O) groups excluding carboxylic acids is 2. The molecule has 0 saturated carbocycles. The zero-order chi connectivity index (χ0) is 20.2. The van der Waals surface area contributed by atoms with E-state index in [1.165, 1.54) is 18.2 Å². The third-order valence-corrected chi connectivity index (χ3v) is 5.50. The van der Waals surface area contributed by atoms with Crippen molar-refractivity contribution in [3.63, 3.8) is 0 Å². The van der Waals surface area contributed by atoms with E-state index in [4.69, 9.17) is 4.74 Å². The van der Waals surface area contributed by atoms with E-state index in [9.17, 15) is 14.0 Å². The molecule has 8 heteroatoms. The van der Waals surface area contributed by atoms with Crippen molar-refractivity contribution in [2.24, 2.45) is 7.05 Å². The lowest BCUT2D eigenvalue weighted by molar-refractivity contribution is -0.0597. The number of Topliss-reactive ketones (excluding diaryl/α,β-unsaturated/α-hetero) is 1. The van der Waals surface area contributed by atoms with E-state index in [1.54, 1.807) is 11.1 Å². The number of pyridine rings is 1. The molecular weight excluding hydrogens is 375 g/mol. The Morgan fingerprint density at radius 2 is 2.14 bits per heavy atom. The number of nitrogens with one attached hydrogen (secondary N) is 1. The third-order valence-electron chi connectivity index (χ3n) is 5.50. The molecule has 29 heavy (non-hydrogen) atoms. The topological polar surface area (TPSA) is 76.5 Å². The van der Waals surface area contributed by atoms with Crippen molar-refractivity contribution in [3.8, 4) is 5.75 Å². The quantitative estimate of drug-likeness (QED) is 0.725. The molecule has 0 unspecified atom stereocenters. The van der Waals surface area contributed by atoms with Crippen molar-refractivity contribution in [1.82, 2.24) is 19.8 Å². The standard InChI is InChI=1S/C21H19FN4O3/c1-25-5-4-14-6-13(9-23-19(14)25)10-24-20(28)26-11-21(12-26)8-17(27)16-7-15(22)2-3-18(16)29-21/h2-7,9H,8,10-12H2,1H3,(H,24,28). The highest BCUT2D eigenvalue weighted by Gasteiger charge is 2.51. The van der Waals surface area contributed by atoms with E-state index < -0.39 is 11.4 Å². The Kier molecular flexibility index (Phi) is 3.84. The van der Waals surface area contributed by atoms with Crippen LogP contribution in [0.5, 0.6) is 5.75 Å². The fraction of sp³-hybridized carbons (Fsp3) is 0.286. The van der Waals surface area contributed by atoms with Gasteiger partial charge < -0.3 is 19.5 Å². The first-order valence-electron chi connectivity index (χ1n) is 9.37. The smallest absolute Gasteiger partial charge is 0.317 e. The summed E-state index contributed by atoms with van der Waals surface area (Å²) in [7, 11) is 1.93. The number of ether oxygens (including phenoxy) is 1. The van der Waals surface area contributed by atoms with Crippen molar-refractivity contribution in [2.75, 3.05) is 13.1 Å².